The number of nitrogens with one attached hydrogen (secondary N) is 1. The highest BCUT2D eigenvalue weighted by atomic mass is 35.5. The number of aliphatic hydroxyl groups excluding tert-OH is 2. The van der Waals surface area contributed by atoms with E-state index in [-0.39, 0.29) is 74.6 Å². The summed E-state index contributed by atoms with van der Waals surface area (Å²) in [6.07, 6.45) is -0.00447. The van der Waals surface area contributed by atoms with Gasteiger partial charge in [-0.2, -0.15) is 0 Å². The average Bonchev–Trinajstić information content (AvgIpc) is 3.27. The van der Waals surface area contributed by atoms with E-state index in [1.54, 1.807) is 30.3 Å². The molecule has 2 aliphatic heterocycles. The Morgan fingerprint density at radius 3 is 1.75 bits per heavy atom. The second kappa shape index (κ2) is 23.1. The summed E-state index contributed by atoms with van der Waals surface area (Å²) in [5, 5.41) is 48.3. The molecule has 5 heterocycles. The number of nitrogens with zero attached hydrogens (tertiary/aromatic N) is 7. The van der Waals surface area contributed by atoms with Crippen molar-refractivity contribution in [2.75, 3.05) is 39.6 Å². The van der Waals surface area contributed by atoms with E-state index in [2.05, 4.69) is 20.6 Å². The third kappa shape index (κ3) is 12.4. The summed E-state index contributed by atoms with van der Waals surface area (Å²) in [6.45, 7) is 1.19. The molecule has 0 aliphatic carbocycles. The van der Waals surface area contributed by atoms with Gasteiger partial charge in [-0.05, 0) is 28.2 Å². The number of aryl methyl sites for hydroxylation is 3. The number of aliphatic hydroxyl groups is 2. The summed E-state index contributed by atoms with van der Waals surface area (Å²) in [6, 6.07) is 10.0. The number of carboxylic acids is 1. The summed E-state index contributed by atoms with van der Waals surface area (Å²) in [7, 11) is 4.27. The van der Waals surface area contributed by atoms with Gasteiger partial charge in [-0.1, -0.05) is 88.3 Å². The van der Waals surface area contributed by atoms with Crippen molar-refractivity contribution in [3.8, 4) is 34.4 Å². The number of ether oxygens (including phenoxy) is 4. The Morgan fingerprint density at radius 2 is 1.22 bits per heavy atom. The van der Waals surface area contributed by atoms with Crippen LogP contribution in [0.1, 0.15) is 15.9 Å². The SMILES string of the molecule is Cn1nc([N+](=O)[O-])c(Cl)c(Cl)c1=O.Cn1nc2c(c(-c3ccc(C[C@H](NC(=O)c4c(Cl)cccc4Cl)C(=O)O)cc3)c1=O)OCCO2.Cn1nc2c(c(Cl)c1=O)OCCO2.OCCO. The number of rotatable bonds is 8. The maximum atomic E-state index is 12.7. The molecule has 64 heavy (non-hydrogen) atoms. The van der Waals surface area contributed by atoms with Crippen molar-refractivity contribution in [3.05, 3.63) is 120 Å². The number of carbonyl (C=O) groups excluding carboxylic acids is 1. The predicted octanol–water partition coefficient (Wildman–Crippen LogP) is 3.12. The average molecular weight is 993 g/mol. The van der Waals surface area contributed by atoms with Crippen molar-refractivity contribution in [3.63, 3.8) is 0 Å². The van der Waals surface area contributed by atoms with Crippen LogP contribution in [0.4, 0.5) is 5.82 Å². The van der Waals surface area contributed by atoms with Gasteiger partial charge in [0, 0.05) is 20.5 Å². The van der Waals surface area contributed by atoms with Crippen LogP contribution in [-0.2, 0) is 32.4 Å². The molecule has 27 heteroatoms. The minimum absolute atomic E-state index is 0.00447. The fourth-order valence-electron chi connectivity index (χ4n) is 5.29. The van der Waals surface area contributed by atoms with Gasteiger partial charge in [0.05, 0.1) is 46.5 Å². The lowest BCUT2D eigenvalue weighted by molar-refractivity contribution is -0.390. The summed E-state index contributed by atoms with van der Waals surface area (Å²) >= 11 is 28.7. The molecule has 2 aliphatic rings. The fraction of sp³-hybridized carbons (Fsp3) is 0.297. The molecule has 1 atom stereocenters. The van der Waals surface area contributed by atoms with Gasteiger partial charge in [-0.3, -0.25) is 19.2 Å². The van der Waals surface area contributed by atoms with Crippen molar-refractivity contribution in [1.82, 2.24) is 34.7 Å². The maximum Gasteiger partial charge on any atom is 0.408 e. The van der Waals surface area contributed by atoms with E-state index in [0.717, 1.165) is 9.36 Å². The molecule has 342 valence electrons. The van der Waals surface area contributed by atoms with Crippen LogP contribution in [0, 0.1) is 10.1 Å². The number of nitro groups is 1. The first-order valence-electron chi connectivity index (χ1n) is 18.1. The minimum atomic E-state index is -1.23. The number of hydrogen-bond donors (Lipinski definition) is 4. The van der Waals surface area contributed by atoms with Crippen LogP contribution in [0.3, 0.4) is 0 Å². The maximum absolute atomic E-state index is 12.7. The highest BCUT2D eigenvalue weighted by molar-refractivity contribution is 6.43. The standard InChI is InChI=1S/C23H19Cl2N3O6.C7H7ClN2O3.C5H3Cl2N3O3.C2H6O2/c1-28-22(30)17(19-21(27-28)34-10-9-33-19)13-7-5-12(6-8-13)11-16(23(31)32)26-20(29)18-14(24)3-2-4-15(18)25;1-10-7(11)4(8)5-6(9-10)13-3-2-12-5;1-9-5(11)3(7)2(6)4(8-9)10(12)13;3-1-2-4/h2-8,16H,9-11H2,1H3,(H,26,29)(H,31,32);2-3H2,1H3;1H3;3-4H,1-2H2/t16-;;;/m0.../s1. The summed E-state index contributed by atoms with van der Waals surface area (Å²) < 4.78 is 24.5. The smallest absolute Gasteiger partial charge is 0.408 e. The molecule has 4 N–H and O–H groups in total. The third-order valence-corrected chi connectivity index (χ3v) is 10.1. The number of amides is 1. The first-order valence-corrected chi connectivity index (χ1v) is 20.0. The lowest BCUT2D eigenvalue weighted by Crippen LogP contribution is -2.42. The Balaban J connectivity index is 0.000000243. The topological polar surface area (TPSA) is 292 Å². The van der Waals surface area contributed by atoms with Crippen LogP contribution < -0.4 is 40.9 Å². The van der Waals surface area contributed by atoms with E-state index >= 15 is 0 Å². The van der Waals surface area contributed by atoms with Gasteiger partial charge in [0.25, 0.3) is 28.8 Å². The van der Waals surface area contributed by atoms with Gasteiger partial charge >= 0.3 is 17.3 Å². The van der Waals surface area contributed by atoms with E-state index in [9.17, 15) is 39.2 Å². The number of aromatic nitrogens is 6. The lowest BCUT2D eigenvalue weighted by atomic mass is 10.0. The summed E-state index contributed by atoms with van der Waals surface area (Å²) in [4.78, 5) is 69.0. The number of aliphatic carboxylic acids is 1. The Morgan fingerprint density at radius 1 is 0.734 bits per heavy atom. The molecule has 0 radical (unpaired) electrons. The molecule has 0 fully saturated rings. The van der Waals surface area contributed by atoms with E-state index in [4.69, 9.17) is 87.2 Å². The second-order valence-corrected chi connectivity index (χ2v) is 14.6. The molecule has 5 aromatic rings. The minimum Gasteiger partial charge on any atom is -0.484 e. The Kier molecular flexibility index (Phi) is 18.3. The van der Waals surface area contributed by atoms with Crippen molar-refractivity contribution in [2.45, 2.75) is 12.5 Å². The van der Waals surface area contributed by atoms with Crippen LogP contribution in [0.25, 0.3) is 11.1 Å². The van der Waals surface area contributed by atoms with Gasteiger partial charge in [0.15, 0.2) is 15.8 Å². The zero-order valence-electron chi connectivity index (χ0n) is 33.4. The summed E-state index contributed by atoms with van der Waals surface area (Å²) in [5.74, 6) is -1.51. The molecule has 2 aromatic carbocycles. The molecule has 0 bridgehead atoms. The van der Waals surface area contributed by atoms with Gasteiger partial charge in [0.2, 0.25) is 5.75 Å². The predicted molar refractivity (Wildman–Crippen MR) is 231 cm³/mol. The highest BCUT2D eigenvalue weighted by Gasteiger charge is 2.27. The summed E-state index contributed by atoms with van der Waals surface area (Å²) in [5.41, 5.74) is 0.0847. The first kappa shape index (κ1) is 50.6. The first-order chi connectivity index (χ1) is 30.3. The number of carboxylic acid groups (broad SMARTS) is 1. The Bertz CT molecular complexity index is 2690. The zero-order chi connectivity index (χ0) is 47.4. The molecule has 0 spiro atoms. The molecular formula is C37H35Cl5N8O14. The molecule has 0 unspecified atom stereocenters. The van der Waals surface area contributed by atoms with Crippen molar-refractivity contribution in [2.24, 2.45) is 21.1 Å². The number of fused-ring (bicyclic) bond motifs is 2. The Labute approximate surface area is 385 Å². The van der Waals surface area contributed by atoms with Crippen molar-refractivity contribution < 1.29 is 48.8 Å². The lowest BCUT2D eigenvalue weighted by Gasteiger charge is -2.20. The van der Waals surface area contributed by atoms with E-state index < -0.39 is 44.3 Å². The number of hydrogen-bond acceptors (Lipinski definition) is 16. The molecule has 3 aromatic heterocycles. The second-order valence-electron chi connectivity index (χ2n) is 12.7. The van der Waals surface area contributed by atoms with Crippen LogP contribution in [-0.4, -0.2) is 107 Å². The Hall–Kier alpha value is -6.01. The number of halogens is 5. The molecule has 1 amide bonds. The third-order valence-electron chi connectivity index (χ3n) is 8.29. The molecule has 0 saturated carbocycles. The van der Waals surface area contributed by atoms with Crippen molar-refractivity contribution >= 4 is 75.7 Å². The number of benzene rings is 2. The van der Waals surface area contributed by atoms with Gasteiger partial charge in [-0.15, -0.1) is 14.9 Å². The molecule has 7 rings (SSSR count). The number of carbonyl (C=O) groups is 2. The van der Waals surface area contributed by atoms with Gasteiger partial charge in [0.1, 0.15) is 37.5 Å². The fourth-order valence-corrected chi connectivity index (χ4v) is 6.51. The van der Waals surface area contributed by atoms with E-state index in [0.29, 0.717) is 43.1 Å². The molecular weight excluding hydrogens is 958 g/mol. The quantitative estimate of drug-likeness (QED) is 0.128. The highest BCUT2D eigenvalue weighted by Crippen LogP contribution is 2.36. The largest absolute Gasteiger partial charge is 0.484 e. The zero-order valence-corrected chi connectivity index (χ0v) is 37.2. The normalized spacial score (nSPS) is 12.5. The molecule has 22 nitrogen and oxygen atoms in total. The van der Waals surface area contributed by atoms with Crippen LogP contribution in [0.5, 0.6) is 23.3 Å². The van der Waals surface area contributed by atoms with Gasteiger partial charge in [-0.25, -0.2) is 14.2 Å². The van der Waals surface area contributed by atoms with E-state index in [1.165, 1.54) is 38.0 Å². The van der Waals surface area contributed by atoms with E-state index in [1.807, 2.05) is 0 Å². The van der Waals surface area contributed by atoms with Crippen molar-refractivity contribution in [1.29, 1.82) is 0 Å². The van der Waals surface area contributed by atoms with Crippen LogP contribution in [0.15, 0.2) is 56.8 Å². The van der Waals surface area contributed by atoms with Crippen LogP contribution >= 0.6 is 58.0 Å². The van der Waals surface area contributed by atoms with Crippen LogP contribution in [0.2, 0.25) is 25.1 Å². The molecule has 0 saturated heterocycles. The monoisotopic (exact) mass is 990 g/mol. The van der Waals surface area contributed by atoms with Gasteiger partial charge < -0.3 is 49.7 Å².